The summed E-state index contributed by atoms with van der Waals surface area (Å²) in [6.07, 6.45) is 0. The average Bonchev–Trinajstić information content (AvgIpc) is 2.20. The highest BCUT2D eigenvalue weighted by molar-refractivity contribution is 9.08. The Kier molecular flexibility index (Phi) is 6.89. The summed E-state index contributed by atoms with van der Waals surface area (Å²) < 4.78 is 2.01. The van der Waals surface area contributed by atoms with Gasteiger partial charge in [-0.3, -0.25) is 4.34 Å². The van der Waals surface area contributed by atoms with E-state index in [2.05, 4.69) is 16.1 Å². The highest BCUT2D eigenvalue weighted by Crippen LogP contribution is 1.79. The molecule has 0 saturated heterocycles. The van der Waals surface area contributed by atoms with E-state index in [1.807, 2.05) is 40.7 Å². The molecule has 72 valence electrons. The molecule has 0 heterocycles. The van der Waals surface area contributed by atoms with E-state index in [9.17, 15) is 4.79 Å². The minimum Gasteiger partial charge on any atom is -0.272 e. The third kappa shape index (κ3) is 7.26. The van der Waals surface area contributed by atoms with Crippen molar-refractivity contribution in [2.45, 2.75) is 0 Å². The number of nitrogens with zero attached hydrogens (tertiary/aromatic N) is 1. The number of halogens is 1. The van der Waals surface area contributed by atoms with Crippen molar-refractivity contribution in [2.24, 2.45) is 11.7 Å². The van der Waals surface area contributed by atoms with Gasteiger partial charge in [0.15, 0.2) is 0 Å². The first kappa shape index (κ1) is 11.9. The molecule has 5 nitrogen and oxygen atoms in total. The van der Waals surface area contributed by atoms with Crippen LogP contribution < -0.4 is 16.0 Å². The summed E-state index contributed by atoms with van der Waals surface area (Å²) in [5, 5.41) is 0.425. The number of urea groups is 1. The second-order valence-corrected chi connectivity index (χ2v) is 2.36. The van der Waals surface area contributed by atoms with Crippen LogP contribution in [0.3, 0.4) is 0 Å². The predicted molar refractivity (Wildman–Crippen MR) is 54.1 cm³/mol. The van der Waals surface area contributed by atoms with Crippen LogP contribution in [0.1, 0.15) is 0 Å². The summed E-state index contributed by atoms with van der Waals surface area (Å²) in [4.78, 5) is 10.0. The van der Waals surface area contributed by atoms with Gasteiger partial charge in [0.05, 0.1) is 16.1 Å². The number of rotatable bonds is 0. The summed E-state index contributed by atoms with van der Waals surface area (Å²) in [6, 6.07) is 11.4. The van der Waals surface area contributed by atoms with Crippen LogP contribution in [-0.2, 0) is 0 Å². The van der Waals surface area contributed by atoms with Gasteiger partial charge < -0.3 is 0 Å². The van der Waals surface area contributed by atoms with Crippen LogP contribution in [-0.4, -0.2) is 11.1 Å². The van der Waals surface area contributed by atoms with Crippen molar-refractivity contribution >= 4 is 22.2 Å². The summed E-state index contributed by atoms with van der Waals surface area (Å²) in [6.45, 7) is 0. The Hall–Kier alpha value is -1.11. The molecule has 2 amide bonds. The predicted octanol–water partition coefficient (Wildman–Crippen LogP) is 0.742. The first-order valence-corrected chi connectivity index (χ1v) is 4.18. The van der Waals surface area contributed by atoms with E-state index in [0.29, 0.717) is 5.12 Å². The van der Waals surface area contributed by atoms with Gasteiger partial charge in [0.1, 0.15) is 0 Å². The van der Waals surface area contributed by atoms with Crippen molar-refractivity contribution in [1.82, 2.24) is 9.46 Å². The van der Waals surface area contributed by atoms with Gasteiger partial charge in [-0.05, 0) is 0 Å². The van der Waals surface area contributed by atoms with E-state index in [1.165, 1.54) is 0 Å². The second kappa shape index (κ2) is 7.53. The topological polar surface area (TPSA) is 84.4 Å². The molecule has 1 rings (SSSR count). The number of hydrogen-bond acceptors (Lipinski definition) is 3. The van der Waals surface area contributed by atoms with E-state index in [1.54, 1.807) is 0 Å². The van der Waals surface area contributed by atoms with E-state index >= 15 is 0 Å². The minimum atomic E-state index is -0.597. The molecular formula is C7H11BrN4O. The van der Waals surface area contributed by atoms with Crippen LogP contribution >= 0.6 is 16.1 Å². The maximum absolute atomic E-state index is 10.0. The molecule has 0 aliphatic carbocycles. The Morgan fingerprint density at radius 3 is 1.46 bits per heavy atom. The van der Waals surface area contributed by atoms with E-state index in [0.717, 1.165) is 0 Å². The first-order chi connectivity index (χ1) is 6.18. The maximum atomic E-state index is 10.0. The SMILES string of the molecule is NN(N)C(=O)NBr.c1ccccc1. The molecule has 0 aromatic heterocycles. The van der Waals surface area contributed by atoms with Crippen molar-refractivity contribution in [3.63, 3.8) is 0 Å². The highest BCUT2D eigenvalue weighted by atomic mass is 79.9. The van der Waals surface area contributed by atoms with E-state index < -0.39 is 6.03 Å². The molecule has 13 heavy (non-hydrogen) atoms. The zero-order valence-corrected chi connectivity index (χ0v) is 8.44. The molecule has 1 aromatic rings. The third-order valence-corrected chi connectivity index (χ3v) is 1.32. The molecule has 1 aromatic carbocycles. The van der Waals surface area contributed by atoms with Crippen LogP contribution in [0, 0.1) is 0 Å². The number of hydrazine groups is 2. The molecule has 0 bridgehead atoms. The minimum absolute atomic E-state index is 0.425. The van der Waals surface area contributed by atoms with E-state index in [-0.39, 0.29) is 0 Å². The Morgan fingerprint density at radius 2 is 1.38 bits per heavy atom. The fourth-order valence-electron chi connectivity index (χ4n) is 0.434. The lowest BCUT2D eigenvalue weighted by Gasteiger charge is -2.04. The summed E-state index contributed by atoms with van der Waals surface area (Å²) in [5.74, 6) is 9.43. The molecule has 6 heteroatoms. The van der Waals surface area contributed by atoms with Crippen molar-refractivity contribution in [2.75, 3.05) is 0 Å². The number of nitrogens with one attached hydrogen (secondary N) is 1. The summed E-state index contributed by atoms with van der Waals surface area (Å²) >= 11 is 2.61. The number of amides is 2. The highest BCUT2D eigenvalue weighted by Gasteiger charge is 1.97. The third-order valence-electron chi connectivity index (χ3n) is 0.982. The van der Waals surface area contributed by atoms with Crippen LogP contribution in [0.25, 0.3) is 0 Å². The summed E-state index contributed by atoms with van der Waals surface area (Å²) in [5.41, 5.74) is 0. The lowest BCUT2D eigenvalue weighted by molar-refractivity contribution is 0.207. The van der Waals surface area contributed by atoms with Crippen molar-refractivity contribution in [3.05, 3.63) is 36.4 Å². The monoisotopic (exact) mass is 246 g/mol. The van der Waals surface area contributed by atoms with Gasteiger partial charge in [-0.1, -0.05) is 36.4 Å². The zero-order chi connectivity index (χ0) is 10.1. The largest absolute Gasteiger partial charge is 0.356 e. The van der Waals surface area contributed by atoms with Gasteiger partial charge in [0, 0.05) is 0 Å². The lowest BCUT2D eigenvalue weighted by atomic mass is 10.4. The number of carbonyl (C=O) groups is 1. The van der Waals surface area contributed by atoms with E-state index in [4.69, 9.17) is 11.7 Å². The number of carbonyl (C=O) groups excluding carboxylic acids is 1. The van der Waals surface area contributed by atoms with Crippen LogP contribution in [0.5, 0.6) is 0 Å². The Balaban J connectivity index is 0.000000223. The Morgan fingerprint density at radius 1 is 1.08 bits per heavy atom. The smallest absolute Gasteiger partial charge is 0.272 e. The van der Waals surface area contributed by atoms with Gasteiger partial charge in [-0.15, -0.1) is 0 Å². The van der Waals surface area contributed by atoms with Crippen LogP contribution in [0.2, 0.25) is 0 Å². The van der Waals surface area contributed by atoms with Gasteiger partial charge in [-0.25, -0.2) is 16.5 Å². The molecule has 0 aliphatic rings. The van der Waals surface area contributed by atoms with Crippen molar-refractivity contribution in [1.29, 1.82) is 0 Å². The molecule has 0 fully saturated rings. The Bertz CT molecular complexity index is 202. The fraction of sp³-hybridized carbons (Fsp3) is 0. The molecular weight excluding hydrogens is 236 g/mol. The number of hydrogen-bond donors (Lipinski definition) is 3. The first-order valence-electron chi connectivity index (χ1n) is 3.38. The molecule has 0 aliphatic heterocycles. The van der Waals surface area contributed by atoms with Gasteiger partial charge in [-0.2, -0.15) is 5.12 Å². The molecule has 5 N–H and O–H groups in total. The summed E-state index contributed by atoms with van der Waals surface area (Å²) in [7, 11) is 0. The average molecular weight is 247 g/mol. The van der Waals surface area contributed by atoms with Crippen molar-refractivity contribution in [3.8, 4) is 0 Å². The normalized spacial score (nSPS) is 7.92. The van der Waals surface area contributed by atoms with Crippen LogP contribution in [0.15, 0.2) is 36.4 Å². The second-order valence-electron chi connectivity index (χ2n) is 1.96. The molecule has 0 atom stereocenters. The Labute approximate surface area is 85.0 Å². The molecule has 0 spiro atoms. The lowest BCUT2D eigenvalue weighted by Crippen LogP contribution is -2.46. The number of nitrogens with two attached hydrogens (primary N) is 2. The van der Waals surface area contributed by atoms with Gasteiger partial charge in [0.2, 0.25) is 0 Å². The zero-order valence-electron chi connectivity index (χ0n) is 6.85. The molecule has 0 radical (unpaired) electrons. The van der Waals surface area contributed by atoms with Gasteiger partial charge in [0.25, 0.3) is 0 Å². The maximum Gasteiger partial charge on any atom is 0.356 e. The number of benzene rings is 1. The van der Waals surface area contributed by atoms with Crippen LogP contribution in [0.4, 0.5) is 4.79 Å². The standard InChI is InChI=1S/C6H6.CH5BrN4O/c1-2-4-6-5-3-1;2-5-1(7)6(3)4/h1-6H;3-4H2,(H,5,7). The van der Waals surface area contributed by atoms with Crippen molar-refractivity contribution < 1.29 is 4.79 Å². The molecule has 0 unspecified atom stereocenters. The van der Waals surface area contributed by atoms with Gasteiger partial charge >= 0.3 is 6.03 Å². The quantitative estimate of drug-likeness (QED) is 0.273. The fourth-order valence-corrected chi connectivity index (χ4v) is 0.638. The molecule has 0 saturated carbocycles.